The van der Waals surface area contributed by atoms with E-state index in [-0.39, 0.29) is 24.8 Å². The molecular weight excluding hydrogens is 277 g/mol. The van der Waals surface area contributed by atoms with Crippen LogP contribution in [0, 0.1) is 5.82 Å². The van der Waals surface area contributed by atoms with Crippen molar-refractivity contribution in [2.45, 2.75) is 20.0 Å². The SMILES string of the molecule is CC(C)OCCN1C(=O)C(O)=C(c2ccc(F)cc2)C1=O. The van der Waals surface area contributed by atoms with Crippen LogP contribution < -0.4 is 0 Å². The maximum Gasteiger partial charge on any atom is 0.296 e. The average Bonchev–Trinajstić information content (AvgIpc) is 2.64. The summed E-state index contributed by atoms with van der Waals surface area (Å²) in [4.78, 5) is 25.1. The number of carbonyl (C=O) groups is 2. The number of hydrogen-bond acceptors (Lipinski definition) is 4. The Hall–Kier alpha value is -2.21. The number of carbonyl (C=O) groups excluding carboxylic acids is 2. The third kappa shape index (κ3) is 3.11. The van der Waals surface area contributed by atoms with Gasteiger partial charge in [0, 0.05) is 0 Å². The van der Waals surface area contributed by atoms with Crippen molar-refractivity contribution >= 4 is 17.4 Å². The van der Waals surface area contributed by atoms with E-state index >= 15 is 0 Å². The van der Waals surface area contributed by atoms with Crippen molar-refractivity contribution in [2.75, 3.05) is 13.2 Å². The van der Waals surface area contributed by atoms with Crippen molar-refractivity contribution in [2.24, 2.45) is 0 Å². The number of amides is 2. The minimum atomic E-state index is -0.758. The van der Waals surface area contributed by atoms with Gasteiger partial charge in [0.05, 0.1) is 24.8 Å². The van der Waals surface area contributed by atoms with Gasteiger partial charge in [-0.15, -0.1) is 0 Å². The highest BCUT2D eigenvalue weighted by Gasteiger charge is 2.38. The number of halogens is 1. The predicted octanol–water partition coefficient (Wildman–Crippen LogP) is 1.89. The molecule has 0 radical (unpaired) electrons. The molecule has 2 rings (SSSR count). The summed E-state index contributed by atoms with van der Waals surface area (Å²) in [5.74, 6) is -2.43. The van der Waals surface area contributed by atoms with Crippen LogP contribution in [0.4, 0.5) is 4.39 Å². The quantitative estimate of drug-likeness (QED) is 0.842. The first-order valence-corrected chi connectivity index (χ1v) is 6.58. The van der Waals surface area contributed by atoms with E-state index in [4.69, 9.17) is 4.74 Å². The van der Waals surface area contributed by atoms with E-state index in [0.717, 1.165) is 17.0 Å². The number of benzene rings is 1. The average molecular weight is 293 g/mol. The third-order valence-corrected chi connectivity index (χ3v) is 3.04. The van der Waals surface area contributed by atoms with Crippen LogP contribution in [0.15, 0.2) is 30.0 Å². The van der Waals surface area contributed by atoms with Crippen LogP contribution in [0.1, 0.15) is 19.4 Å². The van der Waals surface area contributed by atoms with Gasteiger partial charge in [0.25, 0.3) is 11.8 Å². The fraction of sp³-hybridized carbons (Fsp3) is 0.333. The van der Waals surface area contributed by atoms with Gasteiger partial charge < -0.3 is 9.84 Å². The molecule has 0 aromatic heterocycles. The number of nitrogens with zero attached hydrogens (tertiary/aromatic N) is 1. The van der Waals surface area contributed by atoms with Gasteiger partial charge in [0.2, 0.25) is 0 Å². The van der Waals surface area contributed by atoms with E-state index in [1.807, 2.05) is 13.8 Å². The molecule has 1 N–H and O–H groups in total. The smallest absolute Gasteiger partial charge is 0.296 e. The first kappa shape index (κ1) is 15.2. The van der Waals surface area contributed by atoms with E-state index < -0.39 is 23.4 Å². The minimum Gasteiger partial charge on any atom is -0.502 e. The normalized spacial score (nSPS) is 15.5. The molecule has 1 aromatic carbocycles. The lowest BCUT2D eigenvalue weighted by Crippen LogP contribution is -2.35. The van der Waals surface area contributed by atoms with Crippen LogP contribution in [0.5, 0.6) is 0 Å². The second-order valence-corrected chi connectivity index (χ2v) is 4.91. The summed E-state index contributed by atoms with van der Waals surface area (Å²) >= 11 is 0. The van der Waals surface area contributed by atoms with Gasteiger partial charge in [0.15, 0.2) is 5.76 Å². The lowest BCUT2D eigenvalue weighted by Gasteiger charge is -2.15. The zero-order valence-electron chi connectivity index (χ0n) is 11.8. The van der Waals surface area contributed by atoms with Crippen LogP contribution in [0.25, 0.3) is 5.57 Å². The molecule has 0 saturated carbocycles. The number of rotatable bonds is 5. The highest BCUT2D eigenvalue weighted by Crippen LogP contribution is 2.27. The summed E-state index contributed by atoms with van der Waals surface area (Å²) in [6.07, 6.45) is -0.0177. The summed E-state index contributed by atoms with van der Waals surface area (Å²) in [5, 5.41) is 9.86. The maximum absolute atomic E-state index is 12.9. The highest BCUT2D eigenvalue weighted by molar-refractivity contribution is 6.34. The second kappa shape index (κ2) is 6.05. The molecule has 5 nitrogen and oxygen atoms in total. The molecule has 0 atom stereocenters. The fourth-order valence-electron chi connectivity index (χ4n) is 2.02. The van der Waals surface area contributed by atoms with Crippen LogP contribution in [0.2, 0.25) is 0 Å². The largest absolute Gasteiger partial charge is 0.502 e. The molecule has 1 aliphatic heterocycles. The van der Waals surface area contributed by atoms with Crippen molar-refractivity contribution in [3.63, 3.8) is 0 Å². The number of aliphatic hydroxyl groups is 1. The van der Waals surface area contributed by atoms with Crippen molar-refractivity contribution in [1.82, 2.24) is 4.90 Å². The predicted molar refractivity (Wildman–Crippen MR) is 73.8 cm³/mol. The number of hydrogen-bond donors (Lipinski definition) is 1. The Morgan fingerprint density at radius 2 is 1.81 bits per heavy atom. The molecule has 0 unspecified atom stereocenters. The summed E-state index contributed by atoms with van der Waals surface area (Å²) in [5.41, 5.74) is 0.198. The standard InChI is InChI=1S/C15H16FNO4/c1-9(2)21-8-7-17-14(19)12(13(18)15(17)20)10-3-5-11(16)6-4-10/h3-6,9,18H,7-8H2,1-2H3. The van der Waals surface area contributed by atoms with Gasteiger partial charge in [-0.25, -0.2) is 4.39 Å². The zero-order chi connectivity index (χ0) is 15.6. The zero-order valence-corrected chi connectivity index (χ0v) is 11.8. The van der Waals surface area contributed by atoms with E-state index in [9.17, 15) is 19.1 Å². The maximum atomic E-state index is 12.9. The molecular formula is C15H16FNO4. The molecule has 21 heavy (non-hydrogen) atoms. The van der Waals surface area contributed by atoms with Crippen LogP contribution in [-0.2, 0) is 14.3 Å². The molecule has 0 aliphatic carbocycles. The second-order valence-electron chi connectivity index (χ2n) is 4.91. The highest BCUT2D eigenvalue weighted by atomic mass is 19.1. The Kier molecular flexibility index (Phi) is 4.37. The molecule has 112 valence electrons. The number of imide groups is 1. The van der Waals surface area contributed by atoms with Crippen molar-refractivity contribution < 1.29 is 23.8 Å². The topological polar surface area (TPSA) is 66.8 Å². The Labute approximate surface area is 121 Å². The molecule has 2 amide bonds. The molecule has 1 aliphatic rings. The molecule has 1 heterocycles. The summed E-state index contributed by atoms with van der Waals surface area (Å²) in [6, 6.07) is 5.02. The summed E-state index contributed by atoms with van der Waals surface area (Å²) in [6.45, 7) is 3.93. The summed E-state index contributed by atoms with van der Waals surface area (Å²) < 4.78 is 18.2. The lowest BCUT2D eigenvalue weighted by atomic mass is 10.1. The Bertz CT molecular complexity index is 592. The Balaban J connectivity index is 2.18. The molecule has 0 saturated heterocycles. The fourth-order valence-corrected chi connectivity index (χ4v) is 2.02. The van der Waals surface area contributed by atoms with Crippen LogP contribution in [0.3, 0.4) is 0 Å². The van der Waals surface area contributed by atoms with Gasteiger partial charge >= 0.3 is 0 Å². The first-order valence-electron chi connectivity index (χ1n) is 6.58. The van der Waals surface area contributed by atoms with Gasteiger partial charge in [-0.2, -0.15) is 0 Å². The molecule has 0 fully saturated rings. The van der Waals surface area contributed by atoms with E-state index in [1.165, 1.54) is 12.1 Å². The van der Waals surface area contributed by atoms with E-state index in [1.54, 1.807) is 0 Å². The van der Waals surface area contributed by atoms with E-state index in [2.05, 4.69) is 0 Å². The molecule has 0 bridgehead atoms. The van der Waals surface area contributed by atoms with Gasteiger partial charge in [0.1, 0.15) is 5.82 Å². The van der Waals surface area contributed by atoms with Gasteiger partial charge in [-0.3, -0.25) is 14.5 Å². The molecule has 6 heteroatoms. The monoisotopic (exact) mass is 293 g/mol. The lowest BCUT2D eigenvalue weighted by molar-refractivity contribution is -0.139. The van der Waals surface area contributed by atoms with Crippen molar-refractivity contribution in [1.29, 1.82) is 0 Å². The van der Waals surface area contributed by atoms with E-state index in [0.29, 0.717) is 5.56 Å². The Morgan fingerprint density at radius 1 is 1.19 bits per heavy atom. The van der Waals surface area contributed by atoms with Gasteiger partial charge in [-0.1, -0.05) is 12.1 Å². The minimum absolute atomic E-state index is 0.0177. The summed E-state index contributed by atoms with van der Waals surface area (Å²) in [7, 11) is 0. The van der Waals surface area contributed by atoms with Crippen LogP contribution in [-0.4, -0.2) is 41.1 Å². The van der Waals surface area contributed by atoms with Crippen molar-refractivity contribution in [3.05, 3.63) is 41.4 Å². The van der Waals surface area contributed by atoms with Gasteiger partial charge in [-0.05, 0) is 31.5 Å². The third-order valence-electron chi connectivity index (χ3n) is 3.04. The number of ether oxygens (including phenoxy) is 1. The number of aliphatic hydroxyl groups excluding tert-OH is 1. The Morgan fingerprint density at radius 3 is 2.38 bits per heavy atom. The van der Waals surface area contributed by atoms with Crippen molar-refractivity contribution in [3.8, 4) is 0 Å². The molecule has 0 spiro atoms. The first-order chi connectivity index (χ1) is 9.91. The molecule has 1 aromatic rings. The van der Waals surface area contributed by atoms with Crippen LogP contribution >= 0.6 is 0 Å².